The Morgan fingerprint density at radius 1 is 0.964 bits per heavy atom. The van der Waals surface area contributed by atoms with E-state index >= 15 is 0 Å². The number of benzene rings is 2. The molecule has 9 heteroatoms. The fourth-order valence-corrected chi connectivity index (χ4v) is 4.56. The lowest BCUT2D eigenvalue weighted by molar-refractivity contribution is 0.0962. The Hall–Kier alpha value is -2.42. The zero-order valence-electron chi connectivity index (χ0n) is 15.8. The van der Waals surface area contributed by atoms with E-state index in [1.807, 2.05) is 0 Å². The zero-order chi connectivity index (χ0) is 20.9. The van der Waals surface area contributed by atoms with Crippen LogP contribution in [0.1, 0.15) is 34.6 Å². The molecule has 2 amide bonds. The third-order valence-electron chi connectivity index (χ3n) is 4.15. The summed E-state index contributed by atoms with van der Waals surface area (Å²) in [5.74, 6) is -0.720. The van der Waals surface area contributed by atoms with Crippen LogP contribution in [0.5, 0.6) is 0 Å². The van der Waals surface area contributed by atoms with Crippen molar-refractivity contribution < 1.29 is 18.0 Å². The minimum Gasteiger partial charge on any atom is -0.355 e. The van der Waals surface area contributed by atoms with Gasteiger partial charge in [-0.25, -0.2) is 8.42 Å². The van der Waals surface area contributed by atoms with Gasteiger partial charge < -0.3 is 10.6 Å². The van der Waals surface area contributed by atoms with Crippen molar-refractivity contribution in [3.8, 4) is 0 Å². The third kappa shape index (κ3) is 4.70. The highest BCUT2D eigenvalue weighted by molar-refractivity contribution is 7.89. The van der Waals surface area contributed by atoms with Crippen LogP contribution < -0.4 is 10.6 Å². The first-order chi connectivity index (χ1) is 13.2. The highest BCUT2D eigenvalue weighted by Crippen LogP contribution is 2.26. The van der Waals surface area contributed by atoms with E-state index in [4.69, 9.17) is 11.6 Å². The van der Waals surface area contributed by atoms with Crippen LogP contribution in [0.3, 0.4) is 0 Å². The van der Waals surface area contributed by atoms with Crippen LogP contribution in [-0.4, -0.2) is 44.7 Å². The number of hydrogen-bond acceptors (Lipinski definition) is 4. The number of halogens is 1. The van der Waals surface area contributed by atoms with Crippen molar-refractivity contribution in [1.82, 2.24) is 9.62 Å². The van der Waals surface area contributed by atoms with Gasteiger partial charge in [0.05, 0.1) is 5.02 Å². The molecule has 0 aliphatic heterocycles. The highest BCUT2D eigenvalue weighted by Gasteiger charge is 2.25. The van der Waals surface area contributed by atoms with Gasteiger partial charge in [0.25, 0.3) is 11.8 Å². The molecule has 0 atom stereocenters. The van der Waals surface area contributed by atoms with Crippen LogP contribution in [0, 0.1) is 0 Å². The second-order valence-electron chi connectivity index (χ2n) is 5.85. The van der Waals surface area contributed by atoms with E-state index < -0.39 is 15.9 Å². The van der Waals surface area contributed by atoms with Crippen molar-refractivity contribution in [3.63, 3.8) is 0 Å². The summed E-state index contributed by atoms with van der Waals surface area (Å²) in [5, 5.41) is 5.24. The maximum Gasteiger partial charge on any atom is 0.255 e. The quantitative estimate of drug-likeness (QED) is 0.715. The van der Waals surface area contributed by atoms with Gasteiger partial charge in [0.2, 0.25) is 10.0 Å². The standard InChI is InChI=1S/C19H22ClN3O4S/c1-4-23(5-2)28(26,27)17-12-14(8-11-16(17)20)19(25)22-15-9-6-13(7-10-15)18(24)21-3/h6-12H,4-5H2,1-3H3,(H,21,24)(H,22,25). The lowest BCUT2D eigenvalue weighted by Gasteiger charge is -2.19. The SMILES string of the molecule is CCN(CC)S(=O)(=O)c1cc(C(=O)Nc2ccc(C(=O)NC)cc2)ccc1Cl. The van der Waals surface area contributed by atoms with E-state index in [1.54, 1.807) is 38.1 Å². The van der Waals surface area contributed by atoms with Gasteiger partial charge in [0.15, 0.2) is 0 Å². The molecule has 0 aliphatic rings. The number of anilines is 1. The molecule has 28 heavy (non-hydrogen) atoms. The fraction of sp³-hybridized carbons (Fsp3) is 0.263. The smallest absolute Gasteiger partial charge is 0.255 e. The van der Waals surface area contributed by atoms with Crippen molar-refractivity contribution in [2.45, 2.75) is 18.7 Å². The molecule has 0 spiro atoms. The van der Waals surface area contributed by atoms with Crippen molar-refractivity contribution in [1.29, 1.82) is 0 Å². The first-order valence-electron chi connectivity index (χ1n) is 8.67. The summed E-state index contributed by atoms with van der Waals surface area (Å²) in [5.41, 5.74) is 1.09. The average Bonchev–Trinajstić information content (AvgIpc) is 2.68. The minimum absolute atomic E-state index is 0.0541. The molecule has 0 saturated carbocycles. The van der Waals surface area contributed by atoms with Crippen molar-refractivity contribution in [2.24, 2.45) is 0 Å². The summed E-state index contributed by atoms with van der Waals surface area (Å²) in [6.45, 7) is 4.05. The number of rotatable bonds is 7. The average molecular weight is 424 g/mol. The number of amides is 2. The summed E-state index contributed by atoms with van der Waals surface area (Å²) < 4.78 is 26.8. The Labute approximate surface area is 169 Å². The predicted octanol–water partition coefficient (Wildman–Crippen LogP) is 2.98. The number of sulfonamides is 1. The number of nitrogens with one attached hydrogen (secondary N) is 2. The Morgan fingerprint density at radius 2 is 1.54 bits per heavy atom. The molecule has 2 aromatic carbocycles. The van der Waals surface area contributed by atoms with Gasteiger partial charge in [0, 0.05) is 37.0 Å². The lowest BCUT2D eigenvalue weighted by atomic mass is 10.1. The number of carbonyl (C=O) groups excluding carboxylic acids is 2. The predicted molar refractivity (Wildman–Crippen MR) is 109 cm³/mol. The molecule has 2 aromatic rings. The maximum atomic E-state index is 12.8. The van der Waals surface area contributed by atoms with Crippen molar-refractivity contribution >= 4 is 39.1 Å². The topological polar surface area (TPSA) is 95.6 Å². The molecule has 2 N–H and O–H groups in total. The summed E-state index contributed by atoms with van der Waals surface area (Å²) in [6.07, 6.45) is 0. The van der Waals surface area contributed by atoms with Gasteiger partial charge in [-0.05, 0) is 42.5 Å². The van der Waals surface area contributed by atoms with E-state index in [9.17, 15) is 18.0 Å². The molecule has 2 rings (SSSR count). The van der Waals surface area contributed by atoms with Crippen molar-refractivity contribution in [2.75, 3.05) is 25.5 Å². The lowest BCUT2D eigenvalue weighted by Crippen LogP contribution is -2.31. The van der Waals surface area contributed by atoms with E-state index in [-0.39, 0.29) is 21.4 Å². The molecule has 0 radical (unpaired) electrons. The minimum atomic E-state index is -3.80. The second kappa shape index (κ2) is 9.18. The van der Waals surface area contributed by atoms with E-state index in [1.165, 1.54) is 29.6 Å². The van der Waals surface area contributed by atoms with Crippen molar-refractivity contribution in [3.05, 3.63) is 58.6 Å². The summed E-state index contributed by atoms with van der Waals surface area (Å²) >= 11 is 6.09. The van der Waals surface area contributed by atoms with Gasteiger partial charge >= 0.3 is 0 Å². The molecule has 0 heterocycles. The fourth-order valence-electron chi connectivity index (χ4n) is 2.60. The summed E-state index contributed by atoms with van der Waals surface area (Å²) in [6, 6.07) is 10.4. The second-order valence-corrected chi connectivity index (χ2v) is 8.16. The Bertz CT molecular complexity index is 971. The van der Waals surface area contributed by atoms with Gasteiger partial charge in [-0.3, -0.25) is 9.59 Å². The normalized spacial score (nSPS) is 11.3. The van der Waals surface area contributed by atoms with Crippen LogP contribution in [-0.2, 0) is 10.0 Å². The van der Waals surface area contributed by atoms with E-state index in [0.717, 1.165) is 0 Å². The van der Waals surface area contributed by atoms with Gasteiger partial charge in [-0.2, -0.15) is 4.31 Å². The number of carbonyl (C=O) groups is 2. The Balaban J connectivity index is 2.28. The maximum absolute atomic E-state index is 12.8. The van der Waals surface area contributed by atoms with Crippen LogP contribution in [0.15, 0.2) is 47.4 Å². The summed E-state index contributed by atoms with van der Waals surface area (Å²) in [7, 11) is -2.27. The molecule has 7 nitrogen and oxygen atoms in total. The number of nitrogens with zero attached hydrogens (tertiary/aromatic N) is 1. The highest BCUT2D eigenvalue weighted by atomic mass is 35.5. The molecule has 0 fully saturated rings. The molecule has 0 aliphatic carbocycles. The molecule has 0 unspecified atom stereocenters. The van der Waals surface area contributed by atoms with Crippen LogP contribution in [0.25, 0.3) is 0 Å². The third-order valence-corrected chi connectivity index (χ3v) is 6.68. The molecular weight excluding hydrogens is 402 g/mol. The van der Waals surface area contributed by atoms with E-state index in [0.29, 0.717) is 24.3 Å². The zero-order valence-corrected chi connectivity index (χ0v) is 17.4. The van der Waals surface area contributed by atoms with E-state index in [2.05, 4.69) is 10.6 Å². The first kappa shape index (κ1) is 21.9. The molecule has 0 aromatic heterocycles. The molecule has 150 valence electrons. The number of hydrogen-bond donors (Lipinski definition) is 2. The van der Waals surface area contributed by atoms with Gasteiger partial charge in [0.1, 0.15) is 4.90 Å². The van der Waals surface area contributed by atoms with Gasteiger partial charge in [-0.1, -0.05) is 25.4 Å². The first-order valence-corrected chi connectivity index (χ1v) is 10.5. The van der Waals surface area contributed by atoms with Gasteiger partial charge in [-0.15, -0.1) is 0 Å². The van der Waals surface area contributed by atoms with Crippen LogP contribution in [0.4, 0.5) is 5.69 Å². The monoisotopic (exact) mass is 423 g/mol. The van der Waals surface area contributed by atoms with Crippen LogP contribution >= 0.6 is 11.6 Å². The Morgan fingerprint density at radius 3 is 2.07 bits per heavy atom. The molecule has 0 bridgehead atoms. The Kier molecular flexibility index (Phi) is 7.17. The molecular formula is C19H22ClN3O4S. The summed E-state index contributed by atoms with van der Waals surface area (Å²) in [4.78, 5) is 24.0. The van der Waals surface area contributed by atoms with Crippen LogP contribution in [0.2, 0.25) is 5.02 Å². The molecule has 0 saturated heterocycles. The largest absolute Gasteiger partial charge is 0.355 e.